The van der Waals surface area contributed by atoms with Crippen LogP contribution >= 0.6 is 0 Å². The van der Waals surface area contributed by atoms with Crippen LogP contribution in [0.5, 0.6) is 0 Å². The second-order valence-corrected chi connectivity index (χ2v) is 8.47. The molecule has 1 saturated heterocycles. The SMILES string of the molecule is CC(C)c1ccc(NC(=O)[C@@H]2CCCN(c3ccc(=O)n(-c4cccc(F)c4)n3)C2)cc1. The number of benzene rings is 2. The van der Waals surface area contributed by atoms with Gasteiger partial charge in [-0.3, -0.25) is 9.59 Å². The largest absolute Gasteiger partial charge is 0.354 e. The van der Waals surface area contributed by atoms with Crippen molar-refractivity contribution in [2.45, 2.75) is 32.6 Å². The van der Waals surface area contributed by atoms with Gasteiger partial charge in [0, 0.05) is 24.8 Å². The summed E-state index contributed by atoms with van der Waals surface area (Å²) in [5.74, 6) is 0.385. The van der Waals surface area contributed by atoms with Crippen LogP contribution in [-0.2, 0) is 4.79 Å². The Morgan fingerprint density at radius 2 is 1.91 bits per heavy atom. The number of amides is 1. The van der Waals surface area contributed by atoms with Gasteiger partial charge in [0.1, 0.15) is 11.6 Å². The standard InChI is InChI=1S/C25H27FN4O2/c1-17(2)18-8-10-21(11-9-18)27-25(32)19-5-4-14-29(16-19)23-12-13-24(31)30(28-23)22-7-3-6-20(26)15-22/h3,6-13,15,17,19H,4-5,14,16H2,1-2H3,(H,27,32)/t19-/m1/s1. The third kappa shape index (κ3) is 4.88. The lowest BCUT2D eigenvalue weighted by Crippen LogP contribution is -2.41. The van der Waals surface area contributed by atoms with Crippen molar-refractivity contribution in [1.29, 1.82) is 0 Å². The van der Waals surface area contributed by atoms with Gasteiger partial charge in [-0.2, -0.15) is 4.68 Å². The van der Waals surface area contributed by atoms with Crippen LogP contribution in [0.1, 0.15) is 38.2 Å². The highest BCUT2D eigenvalue weighted by Gasteiger charge is 2.27. The molecule has 1 N–H and O–H groups in total. The quantitative estimate of drug-likeness (QED) is 0.648. The zero-order chi connectivity index (χ0) is 22.7. The Morgan fingerprint density at radius 3 is 2.62 bits per heavy atom. The molecule has 0 saturated carbocycles. The van der Waals surface area contributed by atoms with Gasteiger partial charge in [0.25, 0.3) is 5.56 Å². The maximum absolute atomic E-state index is 13.6. The Balaban J connectivity index is 1.48. The molecule has 2 aromatic carbocycles. The van der Waals surface area contributed by atoms with E-state index >= 15 is 0 Å². The fourth-order valence-corrected chi connectivity index (χ4v) is 3.96. The molecule has 0 spiro atoms. The van der Waals surface area contributed by atoms with Crippen molar-refractivity contribution in [3.05, 3.63) is 82.4 Å². The van der Waals surface area contributed by atoms with Crippen molar-refractivity contribution in [1.82, 2.24) is 9.78 Å². The lowest BCUT2D eigenvalue weighted by Gasteiger charge is -2.33. The molecule has 166 valence electrons. The van der Waals surface area contributed by atoms with E-state index in [1.807, 2.05) is 29.2 Å². The fourth-order valence-electron chi connectivity index (χ4n) is 3.96. The Kier molecular flexibility index (Phi) is 6.35. The summed E-state index contributed by atoms with van der Waals surface area (Å²) >= 11 is 0. The zero-order valence-corrected chi connectivity index (χ0v) is 18.3. The number of anilines is 2. The average Bonchev–Trinajstić information content (AvgIpc) is 2.80. The Hall–Kier alpha value is -3.48. The normalized spacial score (nSPS) is 16.2. The Morgan fingerprint density at radius 1 is 1.12 bits per heavy atom. The molecule has 1 aliphatic heterocycles. The molecule has 2 heterocycles. The highest BCUT2D eigenvalue weighted by Crippen LogP contribution is 2.23. The van der Waals surface area contributed by atoms with E-state index in [-0.39, 0.29) is 17.4 Å². The lowest BCUT2D eigenvalue weighted by atomic mass is 9.97. The maximum Gasteiger partial charge on any atom is 0.271 e. The van der Waals surface area contributed by atoms with Gasteiger partial charge >= 0.3 is 0 Å². The number of hydrogen-bond acceptors (Lipinski definition) is 4. The molecule has 4 rings (SSSR count). The van der Waals surface area contributed by atoms with Crippen LogP contribution in [0.3, 0.4) is 0 Å². The summed E-state index contributed by atoms with van der Waals surface area (Å²) < 4.78 is 14.8. The van der Waals surface area contributed by atoms with E-state index in [0.717, 1.165) is 25.1 Å². The number of nitrogens with one attached hydrogen (secondary N) is 1. The maximum atomic E-state index is 13.6. The first-order chi connectivity index (χ1) is 15.4. The highest BCUT2D eigenvalue weighted by atomic mass is 19.1. The summed E-state index contributed by atoms with van der Waals surface area (Å²) in [5, 5.41) is 7.46. The number of rotatable bonds is 5. The predicted octanol–water partition coefficient (Wildman–Crippen LogP) is 4.35. The summed E-state index contributed by atoms with van der Waals surface area (Å²) in [7, 11) is 0. The highest BCUT2D eigenvalue weighted by molar-refractivity contribution is 5.93. The second-order valence-electron chi connectivity index (χ2n) is 8.47. The van der Waals surface area contributed by atoms with Gasteiger partial charge in [-0.05, 0) is 60.7 Å². The van der Waals surface area contributed by atoms with E-state index in [1.165, 1.54) is 28.4 Å². The van der Waals surface area contributed by atoms with Crippen molar-refractivity contribution in [2.24, 2.45) is 5.92 Å². The van der Waals surface area contributed by atoms with Crippen LogP contribution in [0.25, 0.3) is 5.69 Å². The van der Waals surface area contributed by atoms with Crippen LogP contribution in [0.15, 0.2) is 65.5 Å². The molecule has 0 unspecified atom stereocenters. The third-order valence-electron chi connectivity index (χ3n) is 5.80. The zero-order valence-electron chi connectivity index (χ0n) is 18.3. The molecule has 1 aliphatic rings. The summed E-state index contributed by atoms with van der Waals surface area (Å²) in [4.78, 5) is 27.2. The first-order valence-corrected chi connectivity index (χ1v) is 10.9. The molecule has 0 radical (unpaired) electrons. The number of aromatic nitrogens is 2. The minimum absolute atomic E-state index is 0.0227. The lowest BCUT2D eigenvalue weighted by molar-refractivity contribution is -0.120. The van der Waals surface area contributed by atoms with E-state index < -0.39 is 5.82 Å². The van der Waals surface area contributed by atoms with Crippen molar-refractivity contribution < 1.29 is 9.18 Å². The van der Waals surface area contributed by atoms with Crippen LogP contribution in [0.4, 0.5) is 15.9 Å². The number of hydrogen-bond donors (Lipinski definition) is 1. The molecular weight excluding hydrogens is 407 g/mol. The summed E-state index contributed by atoms with van der Waals surface area (Å²) in [6.07, 6.45) is 1.63. The smallest absolute Gasteiger partial charge is 0.271 e. The molecule has 3 aromatic rings. The average molecular weight is 435 g/mol. The number of halogens is 1. The van der Waals surface area contributed by atoms with E-state index in [2.05, 4.69) is 24.3 Å². The summed E-state index contributed by atoms with van der Waals surface area (Å²) in [6, 6.07) is 16.8. The molecule has 1 amide bonds. The van der Waals surface area contributed by atoms with Crippen molar-refractivity contribution >= 4 is 17.4 Å². The Bertz CT molecular complexity index is 1160. The number of carbonyl (C=O) groups is 1. The molecule has 1 fully saturated rings. The van der Waals surface area contributed by atoms with Crippen LogP contribution in [0, 0.1) is 11.7 Å². The third-order valence-corrected chi connectivity index (χ3v) is 5.80. The molecule has 1 atom stereocenters. The number of carbonyl (C=O) groups excluding carboxylic acids is 1. The van der Waals surface area contributed by atoms with Crippen molar-refractivity contribution in [3.8, 4) is 5.69 Å². The Labute approximate surface area is 186 Å². The van der Waals surface area contributed by atoms with Gasteiger partial charge in [0.15, 0.2) is 0 Å². The van der Waals surface area contributed by atoms with Crippen LogP contribution in [-0.4, -0.2) is 28.8 Å². The van der Waals surface area contributed by atoms with E-state index in [0.29, 0.717) is 24.0 Å². The first kappa shape index (κ1) is 21.7. The first-order valence-electron chi connectivity index (χ1n) is 10.9. The van der Waals surface area contributed by atoms with Gasteiger partial charge in [0.2, 0.25) is 5.91 Å². The van der Waals surface area contributed by atoms with E-state index in [1.54, 1.807) is 18.2 Å². The molecule has 6 nitrogen and oxygen atoms in total. The van der Waals surface area contributed by atoms with Gasteiger partial charge in [0.05, 0.1) is 11.6 Å². The van der Waals surface area contributed by atoms with Crippen LogP contribution < -0.4 is 15.8 Å². The molecule has 7 heteroatoms. The summed E-state index contributed by atoms with van der Waals surface area (Å²) in [6.45, 7) is 5.51. The number of piperidine rings is 1. The molecule has 1 aromatic heterocycles. The van der Waals surface area contributed by atoms with Gasteiger partial charge in [-0.1, -0.05) is 32.0 Å². The molecule has 0 aliphatic carbocycles. The van der Waals surface area contributed by atoms with E-state index in [4.69, 9.17) is 0 Å². The van der Waals surface area contributed by atoms with E-state index in [9.17, 15) is 14.0 Å². The molecule has 32 heavy (non-hydrogen) atoms. The van der Waals surface area contributed by atoms with Crippen molar-refractivity contribution in [2.75, 3.05) is 23.3 Å². The van der Waals surface area contributed by atoms with Gasteiger partial charge < -0.3 is 10.2 Å². The fraction of sp³-hybridized carbons (Fsp3) is 0.320. The van der Waals surface area contributed by atoms with Crippen molar-refractivity contribution in [3.63, 3.8) is 0 Å². The van der Waals surface area contributed by atoms with Crippen LogP contribution in [0.2, 0.25) is 0 Å². The topological polar surface area (TPSA) is 67.2 Å². The molecule has 0 bridgehead atoms. The predicted molar refractivity (Wildman–Crippen MR) is 124 cm³/mol. The minimum Gasteiger partial charge on any atom is -0.354 e. The molecular formula is C25H27FN4O2. The van der Waals surface area contributed by atoms with Gasteiger partial charge in [-0.25, -0.2) is 4.39 Å². The summed E-state index contributed by atoms with van der Waals surface area (Å²) in [5.41, 5.74) is 2.05. The number of nitrogens with zero attached hydrogens (tertiary/aromatic N) is 3. The second kappa shape index (κ2) is 9.34. The minimum atomic E-state index is -0.433. The monoisotopic (exact) mass is 434 g/mol. The van der Waals surface area contributed by atoms with Gasteiger partial charge in [-0.15, -0.1) is 5.10 Å².